The minimum atomic E-state index is -4.28. The maximum atomic E-state index is 13.3. The van der Waals surface area contributed by atoms with Crippen LogP contribution in [0.1, 0.15) is 27.9 Å². The van der Waals surface area contributed by atoms with Gasteiger partial charge in [0.05, 0.1) is 17.0 Å². The van der Waals surface area contributed by atoms with Gasteiger partial charge in [-0.2, -0.15) is 4.31 Å². The zero-order chi connectivity index (χ0) is 17.4. The van der Waals surface area contributed by atoms with Crippen LogP contribution in [0.15, 0.2) is 17.0 Å². The van der Waals surface area contributed by atoms with Crippen LogP contribution in [0.5, 0.6) is 0 Å². The number of hydrogen-bond donors (Lipinski definition) is 2. The van der Waals surface area contributed by atoms with Crippen molar-refractivity contribution in [2.24, 2.45) is 0 Å². The fourth-order valence-electron chi connectivity index (χ4n) is 2.65. The summed E-state index contributed by atoms with van der Waals surface area (Å²) < 4.78 is 52.2. The first-order valence-corrected chi connectivity index (χ1v) is 8.36. The lowest BCUT2D eigenvalue weighted by atomic mass is 10.1. The van der Waals surface area contributed by atoms with Gasteiger partial charge in [0.25, 0.3) is 5.92 Å². The standard InChI is InChI=1S/C14H17F2NO5S/c1-17(7-14(15,16)8-18)23(21,22)12-6-10(13(19)20)5-9-3-2-4-11(9)12/h5-6,18H,2-4,7-8H2,1H3,(H,19,20). The van der Waals surface area contributed by atoms with Crippen molar-refractivity contribution < 1.29 is 32.2 Å². The van der Waals surface area contributed by atoms with E-state index in [-0.39, 0.29) is 10.5 Å². The Morgan fingerprint density at radius 1 is 1.35 bits per heavy atom. The molecule has 1 aliphatic carbocycles. The molecule has 0 unspecified atom stereocenters. The molecule has 0 spiro atoms. The second kappa shape index (κ2) is 6.14. The highest BCUT2D eigenvalue weighted by Gasteiger charge is 2.36. The molecule has 0 bridgehead atoms. The Morgan fingerprint density at radius 2 is 2.00 bits per heavy atom. The van der Waals surface area contributed by atoms with Gasteiger partial charge in [0, 0.05) is 7.05 Å². The highest BCUT2D eigenvalue weighted by Crippen LogP contribution is 2.32. The van der Waals surface area contributed by atoms with Crippen molar-refractivity contribution in [1.82, 2.24) is 4.31 Å². The van der Waals surface area contributed by atoms with Crippen molar-refractivity contribution in [3.05, 3.63) is 28.8 Å². The van der Waals surface area contributed by atoms with Crippen molar-refractivity contribution in [2.45, 2.75) is 30.1 Å². The number of aryl methyl sites for hydroxylation is 1. The van der Waals surface area contributed by atoms with E-state index in [0.717, 1.165) is 13.1 Å². The Hall–Kier alpha value is -1.58. The van der Waals surface area contributed by atoms with Crippen molar-refractivity contribution in [3.63, 3.8) is 0 Å². The van der Waals surface area contributed by atoms with Gasteiger partial charge in [-0.1, -0.05) is 0 Å². The van der Waals surface area contributed by atoms with Gasteiger partial charge in [-0.05, 0) is 42.5 Å². The number of benzene rings is 1. The van der Waals surface area contributed by atoms with Crippen molar-refractivity contribution >= 4 is 16.0 Å². The van der Waals surface area contributed by atoms with Crippen LogP contribution in [0.3, 0.4) is 0 Å². The molecule has 128 valence electrons. The smallest absolute Gasteiger partial charge is 0.335 e. The van der Waals surface area contributed by atoms with Crippen LogP contribution in [-0.2, 0) is 22.9 Å². The summed E-state index contributed by atoms with van der Waals surface area (Å²) in [4.78, 5) is 10.9. The van der Waals surface area contributed by atoms with Crippen molar-refractivity contribution in [1.29, 1.82) is 0 Å². The molecule has 0 aliphatic heterocycles. The first kappa shape index (κ1) is 17.8. The number of rotatable bonds is 6. The summed E-state index contributed by atoms with van der Waals surface area (Å²) in [7, 11) is -3.30. The Balaban J connectivity index is 2.49. The van der Waals surface area contributed by atoms with Gasteiger partial charge in [0.1, 0.15) is 6.61 Å². The van der Waals surface area contributed by atoms with Crippen LogP contribution < -0.4 is 0 Å². The van der Waals surface area contributed by atoms with E-state index >= 15 is 0 Å². The van der Waals surface area contributed by atoms with Crippen LogP contribution >= 0.6 is 0 Å². The molecule has 0 atom stereocenters. The van der Waals surface area contributed by atoms with E-state index < -0.39 is 35.1 Å². The Morgan fingerprint density at radius 3 is 2.57 bits per heavy atom. The highest BCUT2D eigenvalue weighted by atomic mass is 32.2. The van der Waals surface area contributed by atoms with E-state index in [0.29, 0.717) is 34.7 Å². The summed E-state index contributed by atoms with van der Waals surface area (Å²) in [5, 5.41) is 17.7. The normalized spacial score (nSPS) is 15.0. The lowest BCUT2D eigenvalue weighted by Gasteiger charge is -2.23. The SMILES string of the molecule is CN(CC(F)(F)CO)S(=O)(=O)c1cc(C(=O)O)cc2c1CCC2. The number of carbonyl (C=O) groups is 1. The van der Waals surface area contributed by atoms with E-state index in [2.05, 4.69) is 0 Å². The maximum Gasteiger partial charge on any atom is 0.335 e. The molecule has 0 radical (unpaired) electrons. The zero-order valence-corrected chi connectivity index (χ0v) is 13.2. The molecule has 9 heteroatoms. The molecule has 6 nitrogen and oxygen atoms in total. The average molecular weight is 349 g/mol. The van der Waals surface area contributed by atoms with E-state index in [1.54, 1.807) is 0 Å². The second-order valence-electron chi connectivity index (χ2n) is 5.55. The Kier molecular flexibility index (Phi) is 4.74. The fraction of sp³-hybridized carbons (Fsp3) is 0.500. The van der Waals surface area contributed by atoms with Crippen LogP contribution in [0.25, 0.3) is 0 Å². The first-order chi connectivity index (χ1) is 10.6. The number of halogens is 2. The number of nitrogens with zero attached hydrogens (tertiary/aromatic N) is 1. The number of sulfonamides is 1. The minimum Gasteiger partial charge on any atom is -0.478 e. The van der Waals surface area contributed by atoms with Crippen LogP contribution in [0.4, 0.5) is 8.78 Å². The van der Waals surface area contributed by atoms with E-state index in [1.807, 2.05) is 0 Å². The number of carboxylic acids is 1. The molecule has 0 heterocycles. The summed E-state index contributed by atoms with van der Waals surface area (Å²) in [6.45, 7) is -2.65. The van der Waals surface area contributed by atoms with E-state index in [9.17, 15) is 22.0 Å². The number of fused-ring (bicyclic) bond motifs is 1. The summed E-state index contributed by atoms with van der Waals surface area (Å²) in [5.74, 6) is -4.85. The molecule has 23 heavy (non-hydrogen) atoms. The number of carboxylic acid groups (broad SMARTS) is 1. The van der Waals surface area contributed by atoms with Crippen LogP contribution in [-0.4, -0.2) is 55.0 Å². The summed E-state index contributed by atoms with van der Waals surface area (Å²) in [5.41, 5.74) is 0.909. The summed E-state index contributed by atoms with van der Waals surface area (Å²) in [6, 6.07) is 2.43. The summed E-state index contributed by atoms with van der Waals surface area (Å²) >= 11 is 0. The van der Waals surface area contributed by atoms with Gasteiger partial charge < -0.3 is 10.2 Å². The maximum absolute atomic E-state index is 13.3. The highest BCUT2D eigenvalue weighted by molar-refractivity contribution is 7.89. The predicted octanol–water partition coefficient (Wildman–Crippen LogP) is 1.12. The van der Waals surface area contributed by atoms with Gasteiger partial charge in [-0.15, -0.1) is 0 Å². The van der Waals surface area contributed by atoms with Gasteiger partial charge in [-0.25, -0.2) is 22.0 Å². The quantitative estimate of drug-likeness (QED) is 0.803. The van der Waals surface area contributed by atoms with Crippen molar-refractivity contribution in [2.75, 3.05) is 20.2 Å². The Bertz CT molecular complexity index is 733. The Labute approximate surface area is 132 Å². The minimum absolute atomic E-state index is 0.188. The zero-order valence-electron chi connectivity index (χ0n) is 12.4. The topological polar surface area (TPSA) is 94.9 Å². The molecule has 1 aliphatic rings. The molecule has 2 rings (SSSR count). The third-order valence-electron chi connectivity index (χ3n) is 3.79. The largest absolute Gasteiger partial charge is 0.478 e. The average Bonchev–Trinajstić information content (AvgIpc) is 2.93. The fourth-order valence-corrected chi connectivity index (χ4v) is 4.16. The van der Waals surface area contributed by atoms with Crippen molar-refractivity contribution in [3.8, 4) is 0 Å². The molecule has 0 fully saturated rings. The first-order valence-electron chi connectivity index (χ1n) is 6.92. The van der Waals surface area contributed by atoms with Gasteiger partial charge in [-0.3, -0.25) is 0 Å². The molecule has 1 aromatic carbocycles. The number of alkyl halides is 2. The molecule has 2 N–H and O–H groups in total. The van der Waals surface area contributed by atoms with E-state index in [4.69, 9.17) is 10.2 Å². The monoisotopic (exact) mass is 349 g/mol. The molecular formula is C14H17F2NO5S. The predicted molar refractivity (Wildman–Crippen MR) is 77.3 cm³/mol. The molecule has 0 saturated carbocycles. The molecular weight excluding hydrogens is 332 g/mol. The summed E-state index contributed by atoms with van der Waals surface area (Å²) in [6.07, 6.45) is 1.68. The van der Waals surface area contributed by atoms with Gasteiger partial charge >= 0.3 is 5.97 Å². The second-order valence-corrected chi connectivity index (χ2v) is 7.56. The third-order valence-corrected chi connectivity index (χ3v) is 5.66. The lowest BCUT2D eigenvalue weighted by Crippen LogP contribution is -2.40. The van der Waals surface area contributed by atoms with Gasteiger partial charge in [0.2, 0.25) is 10.0 Å². The van der Waals surface area contributed by atoms with Crippen LogP contribution in [0, 0.1) is 0 Å². The number of hydrogen-bond acceptors (Lipinski definition) is 4. The number of aromatic carboxylic acids is 1. The van der Waals surface area contributed by atoms with Gasteiger partial charge in [0.15, 0.2) is 0 Å². The molecule has 0 aromatic heterocycles. The lowest BCUT2D eigenvalue weighted by molar-refractivity contribution is -0.0578. The number of aliphatic hydroxyl groups excluding tert-OH is 1. The molecule has 0 saturated heterocycles. The third kappa shape index (κ3) is 3.51. The molecule has 1 aromatic rings. The van der Waals surface area contributed by atoms with E-state index in [1.165, 1.54) is 6.07 Å². The molecule has 0 amide bonds. The number of aliphatic hydroxyl groups is 1. The van der Waals surface area contributed by atoms with Crippen LogP contribution in [0.2, 0.25) is 0 Å².